The van der Waals surface area contributed by atoms with Crippen LogP contribution in [0.3, 0.4) is 0 Å². The largest absolute Gasteiger partial charge is 0.444 e. The van der Waals surface area contributed by atoms with Gasteiger partial charge in [-0.3, -0.25) is 9.59 Å². The van der Waals surface area contributed by atoms with E-state index in [-0.39, 0.29) is 24.3 Å². The first-order valence-electron chi connectivity index (χ1n) is 12.1. The normalized spacial score (nSPS) is 17.6. The number of carbonyl (C=O) groups excluding carboxylic acids is 3. The van der Waals surface area contributed by atoms with E-state index in [4.69, 9.17) is 15.2 Å². The molecule has 192 valence electrons. The summed E-state index contributed by atoms with van der Waals surface area (Å²) in [4.78, 5) is 41.8. The van der Waals surface area contributed by atoms with Crippen LogP contribution >= 0.6 is 0 Å². The molecule has 1 fully saturated rings. The maximum Gasteiger partial charge on any atom is 0.410 e. The fraction of sp³-hybridized carbons (Fsp3) is 0.875. The molecule has 1 aliphatic heterocycles. The molecular weight excluding hydrogens is 424 g/mol. The second-order valence-electron chi connectivity index (χ2n) is 10.9. The van der Waals surface area contributed by atoms with Gasteiger partial charge in [0.2, 0.25) is 11.8 Å². The Morgan fingerprint density at radius 2 is 1.79 bits per heavy atom. The minimum absolute atomic E-state index is 0.0201. The number of carbonyl (C=O) groups is 3. The lowest BCUT2D eigenvalue weighted by Gasteiger charge is -2.35. The summed E-state index contributed by atoms with van der Waals surface area (Å²) in [6.45, 7) is 16.0. The van der Waals surface area contributed by atoms with Crippen LogP contribution in [0.15, 0.2) is 0 Å². The van der Waals surface area contributed by atoms with E-state index in [9.17, 15) is 14.4 Å². The molecule has 2 unspecified atom stereocenters. The molecule has 1 rings (SSSR count). The number of hydrogen-bond donors (Lipinski definition) is 2. The minimum Gasteiger partial charge on any atom is -0.444 e. The monoisotopic (exact) mass is 470 g/mol. The number of hydrogen-bond acceptors (Lipinski definition) is 6. The van der Waals surface area contributed by atoms with Gasteiger partial charge < -0.3 is 30.3 Å². The summed E-state index contributed by atoms with van der Waals surface area (Å²) < 4.78 is 10.9. The molecule has 0 saturated carbocycles. The molecule has 2 atom stereocenters. The van der Waals surface area contributed by atoms with Gasteiger partial charge in [0.05, 0.1) is 13.2 Å². The highest BCUT2D eigenvalue weighted by Gasteiger charge is 2.38. The summed E-state index contributed by atoms with van der Waals surface area (Å²) in [6.07, 6.45) is 2.20. The zero-order valence-electron chi connectivity index (χ0n) is 21.7. The van der Waals surface area contributed by atoms with E-state index in [0.29, 0.717) is 39.3 Å². The fourth-order valence-electron chi connectivity index (χ4n) is 3.72. The molecule has 9 heteroatoms. The molecule has 0 aromatic heterocycles. The number of amides is 3. The van der Waals surface area contributed by atoms with Crippen LogP contribution in [0, 0.1) is 5.41 Å². The minimum atomic E-state index is -0.613. The Hall–Kier alpha value is -1.87. The first kappa shape index (κ1) is 29.2. The Bertz CT molecular complexity index is 642. The van der Waals surface area contributed by atoms with Gasteiger partial charge >= 0.3 is 6.09 Å². The quantitative estimate of drug-likeness (QED) is 0.449. The summed E-state index contributed by atoms with van der Waals surface area (Å²) in [5, 5.41) is 2.95. The third-order valence-corrected chi connectivity index (χ3v) is 5.51. The van der Waals surface area contributed by atoms with Crippen LogP contribution in [0.5, 0.6) is 0 Å². The van der Waals surface area contributed by atoms with E-state index >= 15 is 0 Å². The number of rotatable bonds is 11. The van der Waals surface area contributed by atoms with E-state index < -0.39 is 23.2 Å². The van der Waals surface area contributed by atoms with Crippen molar-refractivity contribution in [3.8, 4) is 0 Å². The summed E-state index contributed by atoms with van der Waals surface area (Å²) in [6, 6.07) is -0.389. The summed E-state index contributed by atoms with van der Waals surface area (Å²) in [5.41, 5.74) is 4.42. The Morgan fingerprint density at radius 1 is 1.12 bits per heavy atom. The zero-order chi connectivity index (χ0) is 25.2. The standard InChI is InChI=1S/C24H46N4O5/c1-18-10-8-14-28(18)21(30)20(23(2,3)4)26-19(29)11-9-13-27(15-17-32-16-12-25)22(31)33-24(5,6)7/h18,20H,8-17,25H2,1-7H3,(H,26,29). The Balaban J connectivity index is 2.66. The van der Waals surface area contributed by atoms with Gasteiger partial charge in [-0.1, -0.05) is 20.8 Å². The average Bonchev–Trinajstić information content (AvgIpc) is 3.11. The number of nitrogens with zero attached hydrogens (tertiary/aromatic N) is 2. The molecule has 0 bridgehead atoms. The van der Waals surface area contributed by atoms with Crippen LogP contribution in [0.4, 0.5) is 4.79 Å². The van der Waals surface area contributed by atoms with Gasteiger partial charge in [-0.25, -0.2) is 4.79 Å². The fourth-order valence-corrected chi connectivity index (χ4v) is 3.72. The van der Waals surface area contributed by atoms with Gasteiger partial charge in [-0.2, -0.15) is 0 Å². The highest BCUT2D eigenvalue weighted by Crippen LogP contribution is 2.25. The van der Waals surface area contributed by atoms with E-state index in [2.05, 4.69) is 12.2 Å². The van der Waals surface area contributed by atoms with Crippen molar-refractivity contribution < 1.29 is 23.9 Å². The second kappa shape index (κ2) is 13.1. The molecule has 3 N–H and O–H groups in total. The molecule has 0 aromatic rings. The number of ether oxygens (including phenoxy) is 2. The Morgan fingerprint density at radius 3 is 2.30 bits per heavy atom. The van der Waals surface area contributed by atoms with E-state index in [0.717, 1.165) is 19.4 Å². The van der Waals surface area contributed by atoms with Crippen molar-refractivity contribution in [1.82, 2.24) is 15.1 Å². The lowest BCUT2D eigenvalue weighted by molar-refractivity contribution is -0.140. The maximum absolute atomic E-state index is 13.1. The Labute approximate surface area is 199 Å². The van der Waals surface area contributed by atoms with Crippen molar-refractivity contribution >= 4 is 17.9 Å². The molecule has 33 heavy (non-hydrogen) atoms. The zero-order valence-corrected chi connectivity index (χ0v) is 21.7. The average molecular weight is 471 g/mol. The van der Waals surface area contributed by atoms with Gasteiger partial charge in [0, 0.05) is 38.6 Å². The topological polar surface area (TPSA) is 114 Å². The van der Waals surface area contributed by atoms with Crippen molar-refractivity contribution in [2.45, 2.75) is 91.8 Å². The van der Waals surface area contributed by atoms with Gasteiger partial charge in [0.1, 0.15) is 11.6 Å². The highest BCUT2D eigenvalue weighted by molar-refractivity contribution is 5.88. The first-order chi connectivity index (χ1) is 15.3. The molecular formula is C24H46N4O5. The van der Waals surface area contributed by atoms with Gasteiger partial charge in [0.15, 0.2) is 0 Å². The molecule has 1 aliphatic rings. The van der Waals surface area contributed by atoms with Gasteiger partial charge in [-0.05, 0) is 52.4 Å². The molecule has 0 aliphatic carbocycles. The van der Waals surface area contributed by atoms with Crippen molar-refractivity contribution in [2.75, 3.05) is 39.4 Å². The summed E-state index contributed by atoms with van der Waals surface area (Å²) in [7, 11) is 0. The van der Waals surface area contributed by atoms with Crippen molar-refractivity contribution in [3.63, 3.8) is 0 Å². The first-order valence-corrected chi connectivity index (χ1v) is 12.1. The predicted octanol–water partition coefficient (Wildman–Crippen LogP) is 2.52. The predicted molar refractivity (Wildman–Crippen MR) is 129 cm³/mol. The number of nitrogens with two attached hydrogens (primary N) is 1. The molecule has 1 heterocycles. The third kappa shape index (κ3) is 10.7. The van der Waals surface area contributed by atoms with Crippen LogP contribution in [-0.2, 0) is 19.1 Å². The molecule has 0 spiro atoms. The second-order valence-corrected chi connectivity index (χ2v) is 10.9. The van der Waals surface area contributed by atoms with Crippen molar-refractivity contribution in [1.29, 1.82) is 0 Å². The number of likely N-dealkylation sites (tertiary alicyclic amines) is 1. The van der Waals surface area contributed by atoms with Crippen LogP contribution in [0.1, 0.15) is 74.1 Å². The van der Waals surface area contributed by atoms with E-state index in [1.54, 1.807) is 4.90 Å². The molecule has 0 radical (unpaired) electrons. The summed E-state index contributed by atoms with van der Waals surface area (Å²) in [5.74, 6) is -0.216. The SMILES string of the molecule is CC1CCCN1C(=O)C(NC(=O)CCCN(CCOCCN)C(=O)OC(C)(C)C)C(C)(C)C. The molecule has 3 amide bonds. The number of nitrogens with one attached hydrogen (secondary N) is 1. The molecule has 0 aromatic carbocycles. The van der Waals surface area contributed by atoms with Crippen LogP contribution in [0.2, 0.25) is 0 Å². The third-order valence-electron chi connectivity index (χ3n) is 5.51. The van der Waals surface area contributed by atoms with Crippen LogP contribution in [0.25, 0.3) is 0 Å². The maximum atomic E-state index is 13.1. The summed E-state index contributed by atoms with van der Waals surface area (Å²) >= 11 is 0. The Kier molecular flexibility index (Phi) is 11.6. The van der Waals surface area contributed by atoms with Gasteiger partial charge in [0.25, 0.3) is 0 Å². The highest BCUT2D eigenvalue weighted by atomic mass is 16.6. The van der Waals surface area contributed by atoms with Crippen molar-refractivity contribution in [2.24, 2.45) is 11.1 Å². The van der Waals surface area contributed by atoms with Crippen LogP contribution in [-0.4, -0.2) is 84.8 Å². The smallest absolute Gasteiger partial charge is 0.410 e. The molecule has 1 saturated heterocycles. The molecule has 9 nitrogen and oxygen atoms in total. The van der Waals surface area contributed by atoms with E-state index in [1.165, 1.54) is 0 Å². The lowest BCUT2D eigenvalue weighted by atomic mass is 9.85. The van der Waals surface area contributed by atoms with Crippen molar-refractivity contribution in [3.05, 3.63) is 0 Å². The van der Waals surface area contributed by atoms with Gasteiger partial charge in [-0.15, -0.1) is 0 Å². The van der Waals surface area contributed by atoms with Crippen LogP contribution < -0.4 is 11.1 Å². The lowest BCUT2D eigenvalue weighted by Crippen LogP contribution is -2.55. The van der Waals surface area contributed by atoms with E-state index in [1.807, 2.05) is 46.4 Å².